The van der Waals surface area contributed by atoms with Crippen LogP contribution in [0.2, 0.25) is 0 Å². The summed E-state index contributed by atoms with van der Waals surface area (Å²) in [4.78, 5) is 37.8. The first kappa shape index (κ1) is 17.6. The predicted molar refractivity (Wildman–Crippen MR) is 95.1 cm³/mol. The molecular formula is C20H26N2O3. The molecule has 1 aromatic carbocycles. The number of rotatable bonds is 5. The van der Waals surface area contributed by atoms with Crippen molar-refractivity contribution in [1.29, 1.82) is 0 Å². The van der Waals surface area contributed by atoms with E-state index in [1.807, 2.05) is 12.1 Å². The minimum atomic E-state index is -0.345. The maximum atomic E-state index is 12.4. The third-order valence-electron chi connectivity index (χ3n) is 5.41. The Hall–Kier alpha value is -2.17. The minimum absolute atomic E-state index is 0.0187. The molecule has 1 unspecified atom stereocenters. The van der Waals surface area contributed by atoms with Gasteiger partial charge in [-0.1, -0.05) is 12.1 Å². The third-order valence-corrected chi connectivity index (χ3v) is 5.41. The number of piperidine rings is 1. The zero-order chi connectivity index (χ0) is 17.8. The molecule has 2 aliphatic rings. The molecule has 25 heavy (non-hydrogen) atoms. The molecule has 0 spiro atoms. The van der Waals surface area contributed by atoms with Crippen molar-refractivity contribution in [2.75, 3.05) is 13.1 Å². The molecule has 1 fully saturated rings. The molecule has 3 rings (SSSR count). The Labute approximate surface area is 148 Å². The Morgan fingerprint density at radius 2 is 1.80 bits per heavy atom. The quantitative estimate of drug-likeness (QED) is 0.834. The van der Waals surface area contributed by atoms with Gasteiger partial charge in [0.15, 0.2) is 5.78 Å². The molecule has 1 aliphatic heterocycles. The number of fused-ring (bicyclic) bond motifs is 1. The first-order valence-electron chi connectivity index (χ1n) is 9.26. The molecule has 0 saturated carbocycles. The number of amides is 2. The Kier molecular flexibility index (Phi) is 5.51. The normalized spacial score (nSPS) is 20.0. The Morgan fingerprint density at radius 3 is 2.56 bits per heavy atom. The van der Waals surface area contributed by atoms with Crippen LogP contribution in [0.1, 0.15) is 60.0 Å². The number of Topliss-reactive ketones (excluding diaryl/α,β-unsaturated/α-hetero) is 1. The van der Waals surface area contributed by atoms with E-state index in [2.05, 4.69) is 6.07 Å². The molecule has 1 heterocycles. The molecule has 1 aliphatic carbocycles. The maximum absolute atomic E-state index is 12.4. The monoisotopic (exact) mass is 342 g/mol. The standard InChI is InChI=1S/C20H26N2O3/c21-20(25)17-6-3-11-22(13-17)19(24)10-9-18(23)16-8-7-14-4-1-2-5-15(14)12-16/h7-8,12,17H,1-6,9-11,13H2,(H2,21,25). The third kappa shape index (κ3) is 4.27. The summed E-state index contributed by atoms with van der Waals surface area (Å²) < 4.78 is 0. The van der Waals surface area contributed by atoms with E-state index in [9.17, 15) is 14.4 Å². The van der Waals surface area contributed by atoms with Gasteiger partial charge in [0.1, 0.15) is 0 Å². The highest BCUT2D eigenvalue weighted by Crippen LogP contribution is 2.23. The van der Waals surface area contributed by atoms with Crippen LogP contribution in [-0.4, -0.2) is 35.6 Å². The number of carbonyl (C=O) groups is 3. The molecule has 1 atom stereocenters. The van der Waals surface area contributed by atoms with Gasteiger partial charge in [-0.15, -0.1) is 0 Å². The fraction of sp³-hybridized carbons (Fsp3) is 0.550. The van der Waals surface area contributed by atoms with Gasteiger partial charge in [0.25, 0.3) is 0 Å². The van der Waals surface area contributed by atoms with Crippen molar-refractivity contribution in [2.45, 2.75) is 51.4 Å². The average molecular weight is 342 g/mol. The van der Waals surface area contributed by atoms with Gasteiger partial charge >= 0.3 is 0 Å². The molecular weight excluding hydrogens is 316 g/mol. The fourth-order valence-corrected chi connectivity index (χ4v) is 3.87. The Morgan fingerprint density at radius 1 is 1.04 bits per heavy atom. The van der Waals surface area contributed by atoms with Crippen molar-refractivity contribution < 1.29 is 14.4 Å². The number of hydrogen-bond acceptors (Lipinski definition) is 3. The number of aryl methyl sites for hydroxylation is 2. The van der Waals surface area contributed by atoms with Crippen molar-refractivity contribution in [2.24, 2.45) is 11.7 Å². The van der Waals surface area contributed by atoms with Gasteiger partial charge < -0.3 is 10.6 Å². The zero-order valence-electron chi connectivity index (χ0n) is 14.6. The summed E-state index contributed by atoms with van der Waals surface area (Å²) in [6.07, 6.45) is 6.48. The van der Waals surface area contributed by atoms with Crippen LogP contribution >= 0.6 is 0 Å². The van der Waals surface area contributed by atoms with Crippen LogP contribution < -0.4 is 5.73 Å². The van der Waals surface area contributed by atoms with E-state index >= 15 is 0 Å². The first-order chi connectivity index (χ1) is 12.0. The molecule has 1 aromatic rings. The molecule has 2 N–H and O–H groups in total. The highest BCUT2D eigenvalue weighted by atomic mass is 16.2. The van der Waals surface area contributed by atoms with Crippen LogP contribution in [0.4, 0.5) is 0 Å². The number of ketones is 1. The summed E-state index contributed by atoms with van der Waals surface area (Å²) in [5.74, 6) is -0.640. The highest BCUT2D eigenvalue weighted by Gasteiger charge is 2.27. The van der Waals surface area contributed by atoms with Crippen LogP contribution in [0.25, 0.3) is 0 Å². The largest absolute Gasteiger partial charge is 0.369 e. The van der Waals surface area contributed by atoms with Crippen LogP contribution in [0, 0.1) is 5.92 Å². The fourth-order valence-electron chi connectivity index (χ4n) is 3.87. The second-order valence-electron chi connectivity index (χ2n) is 7.20. The van der Waals surface area contributed by atoms with Gasteiger partial charge in [0, 0.05) is 31.5 Å². The Balaban J connectivity index is 1.55. The van der Waals surface area contributed by atoms with E-state index in [1.54, 1.807) is 4.90 Å². The van der Waals surface area contributed by atoms with Gasteiger partial charge in [0.2, 0.25) is 11.8 Å². The maximum Gasteiger partial charge on any atom is 0.223 e. The number of nitrogens with two attached hydrogens (primary N) is 1. The smallest absolute Gasteiger partial charge is 0.223 e. The van der Waals surface area contributed by atoms with E-state index in [0.29, 0.717) is 18.7 Å². The molecule has 5 nitrogen and oxygen atoms in total. The molecule has 0 aromatic heterocycles. The van der Waals surface area contributed by atoms with Crippen LogP contribution in [0.15, 0.2) is 18.2 Å². The molecule has 0 radical (unpaired) electrons. The number of benzene rings is 1. The lowest BCUT2D eigenvalue weighted by molar-refractivity contribution is -0.134. The van der Waals surface area contributed by atoms with E-state index < -0.39 is 0 Å². The summed E-state index contributed by atoms with van der Waals surface area (Å²) >= 11 is 0. The lowest BCUT2D eigenvalue weighted by Crippen LogP contribution is -2.44. The summed E-state index contributed by atoms with van der Waals surface area (Å²) in [6, 6.07) is 5.96. The van der Waals surface area contributed by atoms with Crippen LogP contribution in [-0.2, 0) is 22.4 Å². The van der Waals surface area contributed by atoms with Crippen LogP contribution in [0.3, 0.4) is 0 Å². The van der Waals surface area contributed by atoms with Gasteiger partial charge in [0.05, 0.1) is 5.92 Å². The number of hydrogen-bond donors (Lipinski definition) is 1. The zero-order valence-corrected chi connectivity index (χ0v) is 14.6. The summed E-state index contributed by atoms with van der Waals surface area (Å²) in [7, 11) is 0. The molecule has 134 valence electrons. The minimum Gasteiger partial charge on any atom is -0.369 e. The topological polar surface area (TPSA) is 80.5 Å². The average Bonchev–Trinajstić information content (AvgIpc) is 2.65. The first-order valence-corrected chi connectivity index (χ1v) is 9.26. The summed E-state index contributed by atoms with van der Waals surface area (Å²) in [5.41, 5.74) is 8.70. The molecule has 2 amide bonds. The van der Waals surface area contributed by atoms with Gasteiger partial charge in [-0.25, -0.2) is 0 Å². The van der Waals surface area contributed by atoms with Crippen molar-refractivity contribution in [3.63, 3.8) is 0 Å². The SMILES string of the molecule is NC(=O)C1CCCN(C(=O)CCC(=O)c2ccc3c(c2)CCCC3)C1. The number of likely N-dealkylation sites (tertiary alicyclic amines) is 1. The van der Waals surface area contributed by atoms with Crippen molar-refractivity contribution >= 4 is 17.6 Å². The highest BCUT2D eigenvalue weighted by molar-refractivity contribution is 5.98. The van der Waals surface area contributed by atoms with E-state index in [4.69, 9.17) is 5.73 Å². The van der Waals surface area contributed by atoms with E-state index in [-0.39, 0.29) is 36.4 Å². The predicted octanol–water partition coefficient (Wildman–Crippen LogP) is 2.25. The van der Waals surface area contributed by atoms with E-state index in [1.165, 1.54) is 24.0 Å². The summed E-state index contributed by atoms with van der Waals surface area (Å²) in [5, 5.41) is 0. The van der Waals surface area contributed by atoms with E-state index in [0.717, 1.165) is 25.7 Å². The number of primary amides is 1. The lowest BCUT2D eigenvalue weighted by atomic mass is 9.89. The second-order valence-corrected chi connectivity index (χ2v) is 7.20. The van der Waals surface area contributed by atoms with Gasteiger partial charge in [-0.05, 0) is 55.7 Å². The Bertz CT molecular complexity index is 684. The van der Waals surface area contributed by atoms with Crippen molar-refractivity contribution in [3.8, 4) is 0 Å². The molecule has 1 saturated heterocycles. The molecule has 0 bridgehead atoms. The van der Waals surface area contributed by atoms with Crippen molar-refractivity contribution in [1.82, 2.24) is 4.90 Å². The van der Waals surface area contributed by atoms with Crippen LogP contribution in [0.5, 0.6) is 0 Å². The number of carbonyl (C=O) groups excluding carboxylic acids is 3. The second kappa shape index (κ2) is 7.81. The van der Waals surface area contributed by atoms with Gasteiger partial charge in [-0.2, -0.15) is 0 Å². The molecule has 5 heteroatoms. The van der Waals surface area contributed by atoms with Gasteiger partial charge in [-0.3, -0.25) is 14.4 Å². The van der Waals surface area contributed by atoms with Crippen molar-refractivity contribution in [3.05, 3.63) is 34.9 Å². The number of nitrogens with zero attached hydrogens (tertiary/aromatic N) is 1. The summed E-state index contributed by atoms with van der Waals surface area (Å²) in [6.45, 7) is 1.04. The lowest BCUT2D eigenvalue weighted by Gasteiger charge is -2.31.